The number of aryl methyl sites for hydroxylation is 1. The zero-order chi connectivity index (χ0) is 16.5. The molecule has 0 aliphatic heterocycles. The van der Waals surface area contributed by atoms with E-state index in [0.717, 1.165) is 24.8 Å². The number of para-hydroxylation sites is 1. The van der Waals surface area contributed by atoms with Crippen LogP contribution in [0.15, 0.2) is 48.5 Å². The Hall–Kier alpha value is -2.36. The molecule has 3 nitrogen and oxygen atoms in total. The molecule has 2 aromatic rings. The fraction of sp³-hybridized carbons (Fsp3) is 0.316. The molecule has 0 amide bonds. The quantitative estimate of drug-likeness (QED) is 0.513. The number of rotatable bonds is 8. The molecule has 0 N–H and O–H groups in total. The fourth-order valence-corrected chi connectivity index (χ4v) is 2.21. The number of hydrogen-bond acceptors (Lipinski definition) is 3. The average molecular weight is 316 g/mol. The van der Waals surface area contributed by atoms with Crippen molar-refractivity contribution in [3.63, 3.8) is 0 Å². The second-order valence-corrected chi connectivity index (χ2v) is 5.19. The summed E-state index contributed by atoms with van der Waals surface area (Å²) in [6.07, 6.45) is 3.08. The van der Waals surface area contributed by atoms with Gasteiger partial charge in [0.1, 0.15) is 5.75 Å². The standard InChI is InChI=1S/C19H21FO3/c1-2-22-19(21)10-6-3-7-15-11-13-16(14-12-15)23-18-9-5-4-8-17(18)20/h4-5,8-9,11-14H,2-3,6-7,10H2,1H3. The molecule has 0 heterocycles. The first-order valence-corrected chi connectivity index (χ1v) is 7.86. The van der Waals surface area contributed by atoms with E-state index in [2.05, 4.69) is 0 Å². The number of esters is 1. The Labute approximate surface area is 136 Å². The Bertz CT molecular complexity index is 623. The zero-order valence-electron chi connectivity index (χ0n) is 13.3. The second kappa shape index (κ2) is 8.93. The summed E-state index contributed by atoms with van der Waals surface area (Å²) in [4.78, 5) is 11.2. The third kappa shape index (κ3) is 5.74. The van der Waals surface area contributed by atoms with E-state index in [4.69, 9.17) is 9.47 Å². The molecule has 0 fully saturated rings. The third-order valence-corrected chi connectivity index (χ3v) is 3.39. The summed E-state index contributed by atoms with van der Waals surface area (Å²) in [6, 6.07) is 13.9. The van der Waals surface area contributed by atoms with Gasteiger partial charge in [0.2, 0.25) is 0 Å². The van der Waals surface area contributed by atoms with E-state index >= 15 is 0 Å². The first-order valence-electron chi connectivity index (χ1n) is 7.86. The molecular weight excluding hydrogens is 295 g/mol. The van der Waals surface area contributed by atoms with E-state index in [0.29, 0.717) is 18.8 Å². The molecule has 0 unspecified atom stereocenters. The Balaban J connectivity index is 1.78. The molecule has 122 valence electrons. The molecule has 0 spiro atoms. The molecule has 0 atom stereocenters. The highest BCUT2D eigenvalue weighted by atomic mass is 19.1. The van der Waals surface area contributed by atoms with Crippen LogP contribution in [0.5, 0.6) is 11.5 Å². The van der Waals surface area contributed by atoms with Gasteiger partial charge in [-0.3, -0.25) is 4.79 Å². The van der Waals surface area contributed by atoms with Crippen LogP contribution in [0.25, 0.3) is 0 Å². The Morgan fingerprint density at radius 1 is 1.04 bits per heavy atom. The van der Waals surface area contributed by atoms with Gasteiger partial charge >= 0.3 is 5.97 Å². The Morgan fingerprint density at radius 2 is 1.78 bits per heavy atom. The Kier molecular flexibility index (Phi) is 6.60. The van der Waals surface area contributed by atoms with Crippen LogP contribution in [-0.2, 0) is 16.0 Å². The molecule has 0 aliphatic carbocycles. The van der Waals surface area contributed by atoms with Gasteiger partial charge in [0, 0.05) is 6.42 Å². The smallest absolute Gasteiger partial charge is 0.305 e. The van der Waals surface area contributed by atoms with Gasteiger partial charge in [0.15, 0.2) is 11.6 Å². The predicted octanol–water partition coefficient (Wildman–Crippen LogP) is 4.89. The minimum absolute atomic E-state index is 0.138. The van der Waals surface area contributed by atoms with Crippen LogP contribution in [0.2, 0.25) is 0 Å². The normalized spacial score (nSPS) is 10.3. The lowest BCUT2D eigenvalue weighted by Gasteiger charge is -2.07. The fourth-order valence-electron chi connectivity index (χ4n) is 2.21. The highest BCUT2D eigenvalue weighted by molar-refractivity contribution is 5.69. The van der Waals surface area contributed by atoms with Crippen LogP contribution in [-0.4, -0.2) is 12.6 Å². The summed E-state index contributed by atoms with van der Waals surface area (Å²) in [5, 5.41) is 0. The van der Waals surface area contributed by atoms with E-state index in [-0.39, 0.29) is 17.5 Å². The van der Waals surface area contributed by atoms with E-state index < -0.39 is 0 Å². The number of carbonyl (C=O) groups excluding carboxylic acids is 1. The lowest BCUT2D eigenvalue weighted by atomic mass is 10.1. The molecule has 23 heavy (non-hydrogen) atoms. The van der Waals surface area contributed by atoms with Crippen molar-refractivity contribution >= 4 is 5.97 Å². The minimum Gasteiger partial charge on any atom is -0.466 e. The maximum Gasteiger partial charge on any atom is 0.305 e. The summed E-state index contributed by atoms with van der Waals surface area (Å²) < 4.78 is 23.9. The van der Waals surface area contributed by atoms with Crippen molar-refractivity contribution in [3.8, 4) is 11.5 Å². The number of hydrogen-bond donors (Lipinski definition) is 0. The van der Waals surface area contributed by atoms with Crippen molar-refractivity contribution in [2.45, 2.75) is 32.6 Å². The van der Waals surface area contributed by atoms with E-state index in [1.807, 2.05) is 31.2 Å². The highest BCUT2D eigenvalue weighted by Crippen LogP contribution is 2.24. The van der Waals surface area contributed by atoms with Gasteiger partial charge in [-0.15, -0.1) is 0 Å². The number of carbonyl (C=O) groups is 1. The topological polar surface area (TPSA) is 35.5 Å². The van der Waals surface area contributed by atoms with Crippen molar-refractivity contribution in [2.24, 2.45) is 0 Å². The molecule has 2 rings (SSSR count). The zero-order valence-corrected chi connectivity index (χ0v) is 13.3. The molecule has 0 radical (unpaired) electrons. The summed E-state index contributed by atoms with van der Waals surface area (Å²) in [5.41, 5.74) is 1.16. The average Bonchev–Trinajstić information content (AvgIpc) is 2.55. The van der Waals surface area contributed by atoms with Crippen LogP contribution in [0.3, 0.4) is 0 Å². The summed E-state index contributed by atoms with van der Waals surface area (Å²) in [7, 11) is 0. The van der Waals surface area contributed by atoms with Crippen molar-refractivity contribution in [3.05, 3.63) is 59.9 Å². The number of halogens is 1. The lowest BCUT2D eigenvalue weighted by Crippen LogP contribution is -2.03. The molecule has 0 bridgehead atoms. The van der Waals surface area contributed by atoms with Gasteiger partial charge < -0.3 is 9.47 Å². The van der Waals surface area contributed by atoms with Crippen LogP contribution in [0.1, 0.15) is 31.7 Å². The SMILES string of the molecule is CCOC(=O)CCCCc1ccc(Oc2ccccc2F)cc1. The van der Waals surface area contributed by atoms with Gasteiger partial charge in [-0.2, -0.15) is 0 Å². The molecule has 4 heteroatoms. The van der Waals surface area contributed by atoms with Crippen LogP contribution in [0, 0.1) is 5.82 Å². The molecular formula is C19H21FO3. The summed E-state index contributed by atoms with van der Waals surface area (Å²) in [6.45, 7) is 2.24. The monoisotopic (exact) mass is 316 g/mol. The first kappa shape index (κ1) is 17.0. The van der Waals surface area contributed by atoms with Crippen molar-refractivity contribution in [1.29, 1.82) is 0 Å². The van der Waals surface area contributed by atoms with E-state index in [1.165, 1.54) is 6.07 Å². The van der Waals surface area contributed by atoms with Crippen molar-refractivity contribution in [1.82, 2.24) is 0 Å². The molecule has 0 saturated heterocycles. The second-order valence-electron chi connectivity index (χ2n) is 5.19. The number of unbranched alkanes of at least 4 members (excludes halogenated alkanes) is 1. The van der Waals surface area contributed by atoms with Crippen LogP contribution in [0.4, 0.5) is 4.39 Å². The van der Waals surface area contributed by atoms with Gasteiger partial charge in [-0.05, 0) is 56.0 Å². The highest BCUT2D eigenvalue weighted by Gasteiger charge is 2.04. The molecule has 0 saturated carbocycles. The molecule has 0 aromatic heterocycles. The summed E-state index contributed by atoms with van der Waals surface area (Å²) >= 11 is 0. The maximum atomic E-state index is 13.5. The van der Waals surface area contributed by atoms with E-state index in [1.54, 1.807) is 18.2 Å². The minimum atomic E-state index is -0.379. The van der Waals surface area contributed by atoms with Gasteiger partial charge in [-0.1, -0.05) is 24.3 Å². The van der Waals surface area contributed by atoms with Gasteiger partial charge in [0.25, 0.3) is 0 Å². The van der Waals surface area contributed by atoms with Crippen molar-refractivity contribution in [2.75, 3.05) is 6.61 Å². The van der Waals surface area contributed by atoms with Crippen LogP contribution >= 0.6 is 0 Å². The largest absolute Gasteiger partial charge is 0.466 e. The predicted molar refractivity (Wildman–Crippen MR) is 87.1 cm³/mol. The van der Waals surface area contributed by atoms with Gasteiger partial charge in [0.05, 0.1) is 6.61 Å². The first-order chi connectivity index (χ1) is 11.2. The Morgan fingerprint density at radius 3 is 2.48 bits per heavy atom. The van der Waals surface area contributed by atoms with E-state index in [9.17, 15) is 9.18 Å². The van der Waals surface area contributed by atoms with Gasteiger partial charge in [-0.25, -0.2) is 4.39 Å². The molecule has 0 aliphatic rings. The number of ether oxygens (including phenoxy) is 2. The third-order valence-electron chi connectivity index (χ3n) is 3.39. The van der Waals surface area contributed by atoms with Crippen LogP contribution < -0.4 is 4.74 Å². The summed E-state index contributed by atoms with van der Waals surface area (Å²) in [5.74, 6) is 0.303. The lowest BCUT2D eigenvalue weighted by molar-refractivity contribution is -0.143. The van der Waals surface area contributed by atoms with Crippen molar-refractivity contribution < 1.29 is 18.7 Å². The number of benzene rings is 2. The molecule has 2 aromatic carbocycles. The maximum absolute atomic E-state index is 13.5.